The van der Waals surface area contributed by atoms with Crippen LogP contribution in [0.2, 0.25) is 0 Å². The highest BCUT2D eigenvalue weighted by molar-refractivity contribution is 9.10. The second-order valence-electron chi connectivity index (χ2n) is 3.60. The summed E-state index contributed by atoms with van der Waals surface area (Å²) in [4.78, 5) is 0. The number of hydrogen-bond donors (Lipinski definition) is 1. The second-order valence-corrected chi connectivity index (χ2v) is 4.35. The lowest BCUT2D eigenvalue weighted by atomic mass is 9.93. The first-order valence-corrected chi connectivity index (χ1v) is 5.38. The van der Waals surface area contributed by atoms with Gasteiger partial charge in [0.1, 0.15) is 5.69 Å². The molecule has 0 amide bonds. The third-order valence-electron chi connectivity index (χ3n) is 2.54. The third-order valence-corrected chi connectivity index (χ3v) is 3.08. The molecule has 1 fully saturated rings. The van der Waals surface area contributed by atoms with E-state index in [1.165, 1.54) is 4.68 Å². The fraction of sp³-hybridized carbons (Fsp3) is 0.750. The van der Waals surface area contributed by atoms with Crippen molar-refractivity contribution in [1.82, 2.24) is 20.3 Å². The summed E-state index contributed by atoms with van der Waals surface area (Å²) < 4.78 is 16.5. The molecule has 0 bridgehead atoms. The molecular formula is C8H12BrFN4. The standard InChI is InChI=1S/C8H12BrFN4/c1-14-6(7(9)12-13-14)8(10)3-2-4-11-5-8/h11H,2-5H2,1H3. The Morgan fingerprint density at radius 2 is 2.43 bits per heavy atom. The van der Waals surface area contributed by atoms with Gasteiger partial charge in [0.15, 0.2) is 10.3 Å². The van der Waals surface area contributed by atoms with Crippen molar-refractivity contribution in [1.29, 1.82) is 0 Å². The Hall–Kier alpha value is -0.490. The molecule has 1 atom stereocenters. The van der Waals surface area contributed by atoms with Crippen LogP contribution in [0.4, 0.5) is 4.39 Å². The fourth-order valence-corrected chi connectivity index (χ4v) is 2.56. The summed E-state index contributed by atoms with van der Waals surface area (Å²) in [6.45, 7) is 1.22. The molecule has 0 aromatic carbocycles. The van der Waals surface area contributed by atoms with Gasteiger partial charge in [-0.15, -0.1) is 5.10 Å². The normalized spacial score (nSPS) is 27.9. The van der Waals surface area contributed by atoms with Gasteiger partial charge in [0.2, 0.25) is 0 Å². The van der Waals surface area contributed by atoms with Crippen LogP contribution in [0.3, 0.4) is 0 Å². The van der Waals surface area contributed by atoms with Crippen LogP contribution in [0.15, 0.2) is 4.60 Å². The van der Waals surface area contributed by atoms with Gasteiger partial charge in [-0.05, 0) is 35.3 Å². The summed E-state index contributed by atoms with van der Waals surface area (Å²) in [5.41, 5.74) is -0.806. The monoisotopic (exact) mass is 262 g/mol. The lowest BCUT2D eigenvalue weighted by Gasteiger charge is -2.29. The summed E-state index contributed by atoms with van der Waals surface area (Å²) in [5, 5.41) is 10.6. The molecule has 1 N–H and O–H groups in total. The maximum atomic E-state index is 14.5. The highest BCUT2D eigenvalue weighted by Crippen LogP contribution is 2.35. The third kappa shape index (κ3) is 1.56. The molecule has 1 aliphatic heterocycles. The zero-order valence-electron chi connectivity index (χ0n) is 7.93. The van der Waals surface area contributed by atoms with Crippen molar-refractivity contribution < 1.29 is 4.39 Å². The second kappa shape index (κ2) is 3.58. The predicted molar refractivity (Wildman–Crippen MR) is 53.6 cm³/mol. The SMILES string of the molecule is Cn1nnc(Br)c1C1(F)CCCNC1. The van der Waals surface area contributed by atoms with Crippen molar-refractivity contribution in [2.24, 2.45) is 7.05 Å². The molecule has 14 heavy (non-hydrogen) atoms. The number of hydrogen-bond acceptors (Lipinski definition) is 3. The van der Waals surface area contributed by atoms with E-state index >= 15 is 0 Å². The Kier molecular flexibility index (Phi) is 2.57. The van der Waals surface area contributed by atoms with Crippen molar-refractivity contribution in [2.75, 3.05) is 13.1 Å². The van der Waals surface area contributed by atoms with Crippen LogP contribution in [-0.4, -0.2) is 28.1 Å². The van der Waals surface area contributed by atoms with Gasteiger partial charge in [0.25, 0.3) is 0 Å². The van der Waals surface area contributed by atoms with Crippen molar-refractivity contribution in [3.63, 3.8) is 0 Å². The molecule has 1 aromatic heterocycles. The van der Waals surface area contributed by atoms with Crippen LogP contribution in [0.25, 0.3) is 0 Å². The number of alkyl halides is 1. The van der Waals surface area contributed by atoms with Crippen LogP contribution < -0.4 is 5.32 Å². The van der Waals surface area contributed by atoms with E-state index in [0.29, 0.717) is 23.3 Å². The van der Waals surface area contributed by atoms with E-state index in [1.54, 1.807) is 7.05 Å². The zero-order valence-corrected chi connectivity index (χ0v) is 9.51. The van der Waals surface area contributed by atoms with Gasteiger partial charge in [-0.1, -0.05) is 5.21 Å². The molecule has 0 aliphatic carbocycles. The Morgan fingerprint density at radius 1 is 1.64 bits per heavy atom. The van der Waals surface area contributed by atoms with E-state index in [1.807, 2.05) is 0 Å². The van der Waals surface area contributed by atoms with Crippen molar-refractivity contribution in [3.05, 3.63) is 10.3 Å². The topological polar surface area (TPSA) is 42.7 Å². The zero-order chi connectivity index (χ0) is 10.2. The summed E-state index contributed by atoms with van der Waals surface area (Å²) in [5.74, 6) is 0. The van der Waals surface area contributed by atoms with Gasteiger partial charge >= 0.3 is 0 Å². The van der Waals surface area contributed by atoms with Crippen molar-refractivity contribution >= 4 is 15.9 Å². The van der Waals surface area contributed by atoms with Gasteiger partial charge in [0, 0.05) is 13.6 Å². The molecule has 0 saturated carbocycles. The average Bonchev–Trinajstić information content (AvgIpc) is 2.48. The van der Waals surface area contributed by atoms with Gasteiger partial charge in [-0.2, -0.15) is 0 Å². The summed E-state index contributed by atoms with van der Waals surface area (Å²) >= 11 is 3.23. The Balaban J connectivity index is 2.36. The molecule has 4 nitrogen and oxygen atoms in total. The highest BCUT2D eigenvalue weighted by atomic mass is 79.9. The lowest BCUT2D eigenvalue weighted by molar-refractivity contribution is 0.110. The minimum Gasteiger partial charge on any atom is -0.313 e. The number of nitrogens with zero attached hydrogens (tertiary/aromatic N) is 3. The number of rotatable bonds is 1. The van der Waals surface area contributed by atoms with Gasteiger partial charge < -0.3 is 5.32 Å². The maximum absolute atomic E-state index is 14.5. The maximum Gasteiger partial charge on any atom is 0.167 e. The Labute approximate surface area is 90.0 Å². The lowest BCUT2D eigenvalue weighted by Crippen LogP contribution is -2.41. The number of piperidine rings is 1. The molecule has 2 rings (SSSR count). The van der Waals surface area contributed by atoms with E-state index in [2.05, 4.69) is 31.6 Å². The van der Waals surface area contributed by atoms with E-state index in [4.69, 9.17) is 0 Å². The Morgan fingerprint density at radius 3 is 2.93 bits per heavy atom. The molecule has 1 aromatic rings. The first kappa shape index (κ1) is 10.0. The fourth-order valence-electron chi connectivity index (χ4n) is 1.88. The molecule has 6 heteroatoms. The summed E-state index contributed by atoms with van der Waals surface area (Å²) in [6.07, 6.45) is 1.37. The van der Waals surface area contributed by atoms with E-state index < -0.39 is 5.67 Å². The molecule has 2 heterocycles. The summed E-state index contributed by atoms with van der Waals surface area (Å²) in [7, 11) is 1.71. The number of nitrogens with one attached hydrogen (secondary N) is 1. The number of aromatic nitrogens is 3. The van der Waals surface area contributed by atoms with Crippen LogP contribution in [-0.2, 0) is 12.7 Å². The first-order chi connectivity index (χ1) is 6.63. The van der Waals surface area contributed by atoms with E-state index in [0.717, 1.165) is 13.0 Å². The highest BCUT2D eigenvalue weighted by Gasteiger charge is 2.38. The van der Waals surface area contributed by atoms with E-state index in [-0.39, 0.29) is 0 Å². The molecule has 1 saturated heterocycles. The van der Waals surface area contributed by atoms with Crippen LogP contribution >= 0.6 is 15.9 Å². The Bertz CT molecular complexity index is 313. The van der Waals surface area contributed by atoms with Gasteiger partial charge in [0.05, 0.1) is 0 Å². The number of halogens is 2. The quantitative estimate of drug-likeness (QED) is 0.825. The number of aryl methyl sites for hydroxylation is 1. The van der Waals surface area contributed by atoms with E-state index in [9.17, 15) is 4.39 Å². The van der Waals surface area contributed by atoms with Crippen LogP contribution in [0.1, 0.15) is 18.5 Å². The van der Waals surface area contributed by atoms with Crippen molar-refractivity contribution in [2.45, 2.75) is 18.5 Å². The van der Waals surface area contributed by atoms with Gasteiger partial charge in [-0.25, -0.2) is 9.07 Å². The van der Waals surface area contributed by atoms with Gasteiger partial charge in [-0.3, -0.25) is 0 Å². The molecule has 0 spiro atoms. The van der Waals surface area contributed by atoms with Crippen LogP contribution in [0, 0.1) is 0 Å². The molecule has 78 valence electrons. The smallest absolute Gasteiger partial charge is 0.167 e. The molecule has 0 radical (unpaired) electrons. The van der Waals surface area contributed by atoms with Crippen LogP contribution in [0.5, 0.6) is 0 Å². The molecular weight excluding hydrogens is 251 g/mol. The first-order valence-electron chi connectivity index (χ1n) is 4.59. The van der Waals surface area contributed by atoms with Crippen molar-refractivity contribution in [3.8, 4) is 0 Å². The minimum atomic E-state index is -1.34. The molecule has 1 aliphatic rings. The average molecular weight is 263 g/mol. The molecule has 1 unspecified atom stereocenters. The largest absolute Gasteiger partial charge is 0.313 e. The predicted octanol–water partition coefficient (Wildman–Crippen LogP) is 1.13. The minimum absolute atomic E-state index is 0.340. The summed E-state index contributed by atoms with van der Waals surface area (Å²) in [6, 6.07) is 0.